The van der Waals surface area contributed by atoms with E-state index >= 15 is 4.57 Å². The van der Waals surface area contributed by atoms with Gasteiger partial charge in [0.25, 0.3) is 0 Å². The van der Waals surface area contributed by atoms with Gasteiger partial charge in [0.15, 0.2) is 7.14 Å². The van der Waals surface area contributed by atoms with Gasteiger partial charge in [-0.15, -0.1) is 0 Å². The van der Waals surface area contributed by atoms with Crippen LogP contribution in [-0.2, 0) is 15.4 Å². The second kappa shape index (κ2) is 11.5. The van der Waals surface area contributed by atoms with Crippen molar-refractivity contribution in [1.82, 2.24) is 0 Å². The quantitative estimate of drug-likeness (QED) is 0.164. The Morgan fingerprint density at radius 2 is 0.759 bits per heavy atom. The van der Waals surface area contributed by atoms with Crippen LogP contribution in [0.2, 0.25) is 0 Å². The molecule has 8 aromatic rings. The van der Waals surface area contributed by atoms with E-state index in [0.717, 1.165) is 28.8 Å². The second-order valence-corrected chi connectivity index (χ2v) is 19.2. The number of rotatable bonds is 3. The van der Waals surface area contributed by atoms with Crippen molar-refractivity contribution >= 4 is 28.6 Å². The molecule has 2 unspecified atom stereocenters. The molecule has 0 saturated heterocycles. The van der Waals surface area contributed by atoms with Crippen molar-refractivity contribution < 1.29 is 4.57 Å². The highest BCUT2D eigenvalue weighted by Gasteiger charge is 2.54. The number of fused-ring (bicyclic) bond motifs is 19. The van der Waals surface area contributed by atoms with Crippen LogP contribution in [0.5, 0.6) is 0 Å². The van der Waals surface area contributed by atoms with Crippen LogP contribution >= 0.6 is 7.14 Å². The van der Waals surface area contributed by atoms with Gasteiger partial charge in [0.2, 0.25) is 0 Å². The van der Waals surface area contributed by atoms with E-state index in [9.17, 15) is 0 Å². The molecule has 2 atom stereocenters. The molecule has 0 N–H and O–H groups in total. The first-order valence-electron chi connectivity index (χ1n) is 20.5. The summed E-state index contributed by atoms with van der Waals surface area (Å²) in [6.07, 6.45) is 6.81. The minimum atomic E-state index is -3.47. The molecule has 2 spiro atoms. The zero-order chi connectivity index (χ0) is 38.2. The Kier molecular flexibility index (Phi) is 6.47. The molecule has 0 aliphatic heterocycles. The summed E-state index contributed by atoms with van der Waals surface area (Å²) in [7, 11) is -3.47. The average Bonchev–Trinajstić information content (AvgIpc) is 3.98. The Morgan fingerprint density at radius 3 is 1.28 bits per heavy atom. The molecule has 13 rings (SSSR count). The third kappa shape index (κ3) is 3.77. The summed E-state index contributed by atoms with van der Waals surface area (Å²) >= 11 is 0. The SMILES string of the molecule is O=P(c1ccccc1)(c1ccc2c(c1)C1(C3=C(CCC=C3)c3ccccc31)c1ccccc1-2)c1ccc2c(c1)C1(c3ccccc3-c3ccccc31)c1ccccc1-2. The predicted molar refractivity (Wildman–Crippen MR) is 239 cm³/mol. The molecule has 58 heavy (non-hydrogen) atoms. The van der Waals surface area contributed by atoms with Gasteiger partial charge in [-0.25, -0.2) is 0 Å². The fourth-order valence-corrected chi connectivity index (χ4v) is 14.6. The van der Waals surface area contributed by atoms with E-state index < -0.39 is 18.0 Å². The predicted octanol–water partition coefficient (Wildman–Crippen LogP) is 12.1. The molecular formula is C56H37OP. The lowest BCUT2D eigenvalue weighted by Gasteiger charge is -2.33. The van der Waals surface area contributed by atoms with E-state index in [1.165, 1.54) is 89.0 Å². The van der Waals surface area contributed by atoms with E-state index in [0.29, 0.717) is 0 Å². The summed E-state index contributed by atoms with van der Waals surface area (Å²) in [6, 6.07) is 68.5. The van der Waals surface area contributed by atoms with Crippen LogP contribution in [0.25, 0.3) is 39.0 Å². The minimum absolute atomic E-state index is 0.479. The second-order valence-electron chi connectivity index (χ2n) is 16.5. The fraction of sp³-hybridized carbons (Fsp3) is 0.0714. The normalized spacial score (nSPS) is 18.8. The lowest BCUT2D eigenvalue weighted by Crippen LogP contribution is -2.31. The highest BCUT2D eigenvalue weighted by atomic mass is 31.2. The van der Waals surface area contributed by atoms with Gasteiger partial charge in [-0.2, -0.15) is 0 Å². The van der Waals surface area contributed by atoms with Crippen molar-refractivity contribution in [2.75, 3.05) is 0 Å². The van der Waals surface area contributed by atoms with Gasteiger partial charge in [0.05, 0.1) is 10.8 Å². The number of allylic oxidation sites excluding steroid dienone is 4. The standard InChI is InChI=1S/C56H37OP/c57-58(36-16-2-1-3-17-36,37-30-32-45-43-22-8-14-28-51(43)55(53(45)34-37)47-24-10-4-18-39(47)40-19-5-11-25-48(40)55)38-31-33-46-44-23-9-15-29-52(44)56(54(46)35-38)49-26-12-6-20-41(49)42-21-7-13-27-50(42)56/h1-6,8-20,22-35H,7,21H2. The first kappa shape index (κ1) is 32.5. The molecule has 0 fully saturated rings. The Hall–Kier alpha value is -6.53. The van der Waals surface area contributed by atoms with Crippen molar-refractivity contribution in [2.24, 2.45) is 0 Å². The summed E-state index contributed by atoms with van der Waals surface area (Å²) in [5.74, 6) is 0. The van der Waals surface area contributed by atoms with Crippen LogP contribution in [0.1, 0.15) is 57.3 Å². The summed E-state index contributed by atoms with van der Waals surface area (Å²) in [6.45, 7) is 0. The largest absolute Gasteiger partial charge is 0.309 e. The van der Waals surface area contributed by atoms with Crippen LogP contribution in [0.15, 0.2) is 206 Å². The lowest BCUT2D eigenvalue weighted by molar-refractivity contribution is 0.592. The first-order chi connectivity index (χ1) is 28.7. The van der Waals surface area contributed by atoms with Crippen molar-refractivity contribution in [3.8, 4) is 33.4 Å². The number of benzene rings is 8. The monoisotopic (exact) mass is 756 g/mol. The smallest absolute Gasteiger partial charge is 0.171 e. The average molecular weight is 757 g/mol. The van der Waals surface area contributed by atoms with E-state index in [2.05, 4.69) is 182 Å². The van der Waals surface area contributed by atoms with Crippen LogP contribution in [-0.4, -0.2) is 0 Å². The van der Waals surface area contributed by atoms with Gasteiger partial charge in [0.1, 0.15) is 0 Å². The Labute approximate surface area is 339 Å². The van der Waals surface area contributed by atoms with Gasteiger partial charge in [-0.1, -0.05) is 188 Å². The van der Waals surface area contributed by atoms with E-state index in [-0.39, 0.29) is 0 Å². The van der Waals surface area contributed by atoms with Gasteiger partial charge >= 0.3 is 0 Å². The molecule has 0 aromatic heterocycles. The van der Waals surface area contributed by atoms with E-state index in [1.807, 2.05) is 18.2 Å². The summed E-state index contributed by atoms with van der Waals surface area (Å²) < 4.78 is 17.0. The molecule has 8 aromatic carbocycles. The molecule has 0 heterocycles. The van der Waals surface area contributed by atoms with Gasteiger partial charge < -0.3 is 4.57 Å². The Balaban J connectivity index is 1.10. The number of hydrogen-bond acceptors (Lipinski definition) is 1. The molecule has 2 heteroatoms. The summed E-state index contributed by atoms with van der Waals surface area (Å²) in [5, 5.41) is 2.58. The minimum Gasteiger partial charge on any atom is -0.309 e. The Bertz CT molecular complexity index is 3150. The zero-order valence-electron chi connectivity index (χ0n) is 31.8. The van der Waals surface area contributed by atoms with E-state index in [1.54, 1.807) is 0 Å². The first-order valence-corrected chi connectivity index (χ1v) is 22.2. The van der Waals surface area contributed by atoms with Crippen LogP contribution in [0, 0.1) is 0 Å². The molecule has 272 valence electrons. The van der Waals surface area contributed by atoms with E-state index in [4.69, 9.17) is 0 Å². The molecule has 0 bridgehead atoms. The molecule has 5 aliphatic rings. The van der Waals surface area contributed by atoms with Crippen molar-refractivity contribution in [3.63, 3.8) is 0 Å². The van der Waals surface area contributed by atoms with Gasteiger partial charge in [0, 0.05) is 15.9 Å². The van der Waals surface area contributed by atoms with Crippen LogP contribution in [0.3, 0.4) is 0 Å². The maximum Gasteiger partial charge on any atom is 0.171 e. The summed E-state index contributed by atoms with van der Waals surface area (Å²) in [5.41, 5.74) is 19.6. The molecule has 1 nitrogen and oxygen atoms in total. The third-order valence-electron chi connectivity index (χ3n) is 14.1. The van der Waals surface area contributed by atoms with Gasteiger partial charge in [-0.3, -0.25) is 0 Å². The lowest BCUT2D eigenvalue weighted by atomic mass is 9.69. The van der Waals surface area contributed by atoms with Gasteiger partial charge in [-0.05, 0) is 114 Å². The highest BCUT2D eigenvalue weighted by Crippen LogP contribution is 2.65. The molecular weight excluding hydrogens is 720 g/mol. The fourth-order valence-electron chi connectivity index (χ4n) is 11.9. The Morgan fingerprint density at radius 1 is 0.362 bits per heavy atom. The van der Waals surface area contributed by atoms with Crippen LogP contribution in [0.4, 0.5) is 0 Å². The molecule has 0 radical (unpaired) electrons. The maximum atomic E-state index is 17.0. The van der Waals surface area contributed by atoms with Crippen molar-refractivity contribution in [1.29, 1.82) is 0 Å². The van der Waals surface area contributed by atoms with Crippen molar-refractivity contribution in [3.05, 3.63) is 250 Å². The number of hydrogen-bond donors (Lipinski definition) is 0. The molecule has 0 amide bonds. The third-order valence-corrected chi connectivity index (χ3v) is 17.1. The summed E-state index contributed by atoms with van der Waals surface area (Å²) in [4.78, 5) is 0. The topological polar surface area (TPSA) is 17.1 Å². The highest BCUT2D eigenvalue weighted by molar-refractivity contribution is 7.85. The molecule has 0 saturated carbocycles. The van der Waals surface area contributed by atoms with Crippen molar-refractivity contribution in [2.45, 2.75) is 23.7 Å². The molecule has 5 aliphatic carbocycles. The maximum absolute atomic E-state index is 17.0. The zero-order valence-corrected chi connectivity index (χ0v) is 32.7. The van der Waals surface area contributed by atoms with Crippen LogP contribution < -0.4 is 15.9 Å².